The van der Waals surface area contributed by atoms with Crippen LogP contribution in [0, 0.1) is 0 Å². The minimum absolute atomic E-state index is 0.00797. The quantitative estimate of drug-likeness (QED) is 0.621. The first-order valence-electron chi connectivity index (χ1n) is 6.25. The Morgan fingerprint density at radius 2 is 2.05 bits per heavy atom. The molecule has 0 fully saturated rings. The minimum Gasteiger partial charge on any atom is -0.469 e. The van der Waals surface area contributed by atoms with Gasteiger partial charge in [0, 0.05) is 30.8 Å². The highest BCUT2D eigenvalue weighted by atomic mass is 32.1. The van der Waals surface area contributed by atoms with Crippen LogP contribution in [0.1, 0.15) is 24.1 Å². The van der Waals surface area contributed by atoms with E-state index in [9.17, 15) is 9.59 Å². The molecule has 2 rings (SSSR count). The van der Waals surface area contributed by atoms with Gasteiger partial charge in [0.15, 0.2) is 0 Å². The number of hydrogen-bond acceptors (Lipinski definition) is 4. The lowest BCUT2D eigenvalue weighted by Gasteiger charge is -2.00. The average Bonchev–Trinajstić information content (AvgIpc) is 2.92. The van der Waals surface area contributed by atoms with Gasteiger partial charge in [-0.15, -0.1) is 11.3 Å². The molecule has 19 heavy (non-hydrogen) atoms. The Bertz CT molecular complexity index is 651. The molecule has 104 valence electrons. The molecule has 0 spiro atoms. The molecule has 0 aromatic carbocycles. The molecule has 0 aliphatic carbocycles. The summed E-state index contributed by atoms with van der Waals surface area (Å²) in [5, 5.41) is 2.02. The topological polar surface area (TPSA) is 53.2 Å². The number of aromatic nitrogens is 2. The average molecular weight is 282 g/mol. The Hall–Kier alpha value is -1.56. The zero-order chi connectivity index (χ0) is 14.0. The van der Waals surface area contributed by atoms with Crippen LogP contribution in [0.25, 0.3) is 11.0 Å². The van der Waals surface area contributed by atoms with E-state index in [1.807, 2.05) is 5.38 Å². The molecule has 2 aromatic rings. The van der Waals surface area contributed by atoms with Crippen LogP contribution in [0.5, 0.6) is 0 Å². The van der Waals surface area contributed by atoms with Gasteiger partial charge in [0.1, 0.15) is 0 Å². The number of fused-ring (bicyclic) bond motifs is 1. The standard InChI is InChI=1S/C13H18N2O3S/c1-14-9-8-19-10(12(9)15(2)13(14)17)6-4-5-7-11(16)18-3/h8H,4-7H2,1-3H3. The number of aryl methyl sites for hydroxylation is 3. The largest absolute Gasteiger partial charge is 0.469 e. The third-order valence-corrected chi connectivity index (χ3v) is 4.38. The van der Waals surface area contributed by atoms with Crippen molar-refractivity contribution >= 4 is 28.3 Å². The summed E-state index contributed by atoms with van der Waals surface area (Å²) in [6, 6.07) is 0. The third kappa shape index (κ3) is 2.58. The van der Waals surface area contributed by atoms with Gasteiger partial charge in [0.2, 0.25) is 0 Å². The maximum atomic E-state index is 11.8. The number of rotatable bonds is 5. The molecule has 2 aromatic heterocycles. The molecule has 5 nitrogen and oxygen atoms in total. The number of nitrogens with zero attached hydrogens (tertiary/aromatic N) is 2. The van der Waals surface area contributed by atoms with E-state index in [0.717, 1.165) is 30.3 Å². The molecule has 0 aliphatic rings. The zero-order valence-corrected chi connectivity index (χ0v) is 12.2. The van der Waals surface area contributed by atoms with Crippen LogP contribution in [-0.2, 0) is 30.0 Å². The fraction of sp³-hybridized carbons (Fsp3) is 0.538. The van der Waals surface area contributed by atoms with Gasteiger partial charge in [-0.1, -0.05) is 0 Å². The first-order valence-corrected chi connectivity index (χ1v) is 7.12. The van der Waals surface area contributed by atoms with Crippen molar-refractivity contribution < 1.29 is 9.53 Å². The first kappa shape index (κ1) is 13.9. The van der Waals surface area contributed by atoms with Crippen molar-refractivity contribution in [2.45, 2.75) is 25.7 Å². The molecule has 0 aliphatic heterocycles. The van der Waals surface area contributed by atoms with Crippen molar-refractivity contribution in [1.29, 1.82) is 0 Å². The molecule has 0 bridgehead atoms. The number of imidazole rings is 1. The van der Waals surface area contributed by atoms with Crippen molar-refractivity contribution in [3.05, 3.63) is 20.7 Å². The fourth-order valence-electron chi connectivity index (χ4n) is 2.24. The Morgan fingerprint density at radius 3 is 2.74 bits per heavy atom. The number of esters is 1. The summed E-state index contributed by atoms with van der Waals surface area (Å²) in [5.41, 5.74) is 2.02. The van der Waals surface area contributed by atoms with Gasteiger partial charge >= 0.3 is 11.7 Å². The van der Waals surface area contributed by atoms with Gasteiger partial charge in [-0.2, -0.15) is 0 Å². The molecule has 0 atom stereocenters. The van der Waals surface area contributed by atoms with Gasteiger partial charge in [-0.25, -0.2) is 4.79 Å². The fourth-order valence-corrected chi connectivity index (χ4v) is 3.38. The molecule has 2 heterocycles. The number of ether oxygens (including phenoxy) is 1. The molecule has 0 saturated heterocycles. The highest BCUT2D eigenvalue weighted by molar-refractivity contribution is 7.11. The molecule has 6 heteroatoms. The Morgan fingerprint density at radius 1 is 1.32 bits per heavy atom. The van der Waals surface area contributed by atoms with Crippen molar-refractivity contribution in [2.24, 2.45) is 14.1 Å². The maximum Gasteiger partial charge on any atom is 0.328 e. The van der Waals surface area contributed by atoms with E-state index >= 15 is 0 Å². The van der Waals surface area contributed by atoms with Crippen molar-refractivity contribution in [1.82, 2.24) is 9.13 Å². The van der Waals surface area contributed by atoms with Gasteiger partial charge in [0.25, 0.3) is 0 Å². The second-order valence-corrected chi connectivity index (χ2v) is 5.54. The van der Waals surface area contributed by atoms with Crippen molar-refractivity contribution in [2.75, 3.05) is 7.11 Å². The minimum atomic E-state index is -0.163. The Kier molecular flexibility index (Phi) is 4.09. The first-order chi connectivity index (χ1) is 9.06. The number of methoxy groups -OCH3 is 1. The summed E-state index contributed by atoms with van der Waals surface area (Å²) in [6.07, 6.45) is 3.09. The summed E-state index contributed by atoms with van der Waals surface area (Å²) in [6.45, 7) is 0. The van der Waals surface area contributed by atoms with E-state index in [2.05, 4.69) is 4.74 Å². The smallest absolute Gasteiger partial charge is 0.328 e. The van der Waals surface area contributed by atoms with Crippen LogP contribution in [0.4, 0.5) is 0 Å². The summed E-state index contributed by atoms with van der Waals surface area (Å²) in [4.78, 5) is 24.1. The third-order valence-electron chi connectivity index (χ3n) is 3.35. The highest BCUT2D eigenvalue weighted by Gasteiger charge is 2.13. The van der Waals surface area contributed by atoms with Crippen LogP contribution in [-0.4, -0.2) is 22.2 Å². The van der Waals surface area contributed by atoms with E-state index in [4.69, 9.17) is 0 Å². The summed E-state index contributed by atoms with van der Waals surface area (Å²) in [5.74, 6) is -0.163. The summed E-state index contributed by atoms with van der Waals surface area (Å²) >= 11 is 1.67. The molecular formula is C13H18N2O3S. The number of thiophene rings is 1. The second-order valence-electron chi connectivity index (χ2n) is 4.58. The monoisotopic (exact) mass is 282 g/mol. The van der Waals surface area contributed by atoms with Crippen LogP contribution in [0.3, 0.4) is 0 Å². The number of carbonyl (C=O) groups excluding carboxylic acids is 1. The predicted octanol–water partition coefficient (Wildman–Crippen LogP) is 1.82. The van der Waals surface area contributed by atoms with E-state index in [-0.39, 0.29) is 11.7 Å². The molecule has 0 N–H and O–H groups in total. The van der Waals surface area contributed by atoms with Crippen molar-refractivity contribution in [3.8, 4) is 0 Å². The van der Waals surface area contributed by atoms with Crippen LogP contribution >= 0.6 is 11.3 Å². The van der Waals surface area contributed by atoms with Crippen molar-refractivity contribution in [3.63, 3.8) is 0 Å². The molecule has 0 amide bonds. The van der Waals surface area contributed by atoms with Gasteiger partial charge in [-0.3, -0.25) is 13.9 Å². The summed E-state index contributed by atoms with van der Waals surface area (Å²) < 4.78 is 7.98. The number of unbranched alkanes of at least 4 members (excludes halogenated alkanes) is 1. The normalized spacial score (nSPS) is 11.1. The van der Waals surface area contributed by atoms with Crippen LogP contribution in [0.15, 0.2) is 10.2 Å². The SMILES string of the molecule is COC(=O)CCCCc1scc2c1n(C)c(=O)n2C. The van der Waals surface area contributed by atoms with E-state index < -0.39 is 0 Å². The second kappa shape index (κ2) is 5.61. The molecule has 0 radical (unpaired) electrons. The Labute approximate surface area is 115 Å². The van der Waals surface area contributed by atoms with E-state index in [1.54, 1.807) is 34.6 Å². The Balaban J connectivity index is 2.08. The van der Waals surface area contributed by atoms with Gasteiger partial charge < -0.3 is 4.74 Å². The maximum absolute atomic E-state index is 11.8. The zero-order valence-electron chi connectivity index (χ0n) is 11.4. The summed E-state index contributed by atoms with van der Waals surface area (Å²) in [7, 11) is 5.00. The van der Waals surface area contributed by atoms with Crippen LogP contribution in [0.2, 0.25) is 0 Å². The highest BCUT2D eigenvalue weighted by Crippen LogP contribution is 2.26. The molecular weight excluding hydrogens is 264 g/mol. The van der Waals surface area contributed by atoms with E-state index in [1.165, 1.54) is 12.0 Å². The lowest BCUT2D eigenvalue weighted by Crippen LogP contribution is -2.19. The molecule has 0 unspecified atom stereocenters. The van der Waals surface area contributed by atoms with Gasteiger partial charge in [-0.05, 0) is 19.3 Å². The number of hydrogen-bond donors (Lipinski definition) is 0. The molecule has 0 saturated carbocycles. The van der Waals surface area contributed by atoms with Gasteiger partial charge in [0.05, 0.1) is 18.1 Å². The lowest BCUT2D eigenvalue weighted by atomic mass is 10.1. The van der Waals surface area contributed by atoms with Crippen LogP contribution < -0.4 is 5.69 Å². The van der Waals surface area contributed by atoms with E-state index in [0.29, 0.717) is 6.42 Å². The number of carbonyl (C=O) groups is 1. The predicted molar refractivity (Wildman–Crippen MR) is 75.6 cm³/mol. The lowest BCUT2D eigenvalue weighted by molar-refractivity contribution is -0.140.